The molecule has 0 amide bonds. The molecule has 148 valence electrons. The average Bonchev–Trinajstić information content (AvgIpc) is 2.60. The van der Waals surface area contributed by atoms with Crippen LogP contribution in [0.3, 0.4) is 0 Å². The molecule has 0 spiro atoms. The number of aliphatic hydroxyl groups is 2. The number of benzene rings is 1. The number of nitrogens with one attached hydrogen (secondary N) is 1. The average molecular weight is 384 g/mol. The van der Waals surface area contributed by atoms with E-state index in [1.165, 1.54) is 10.8 Å². The van der Waals surface area contributed by atoms with E-state index in [4.69, 9.17) is 15.3 Å². The Morgan fingerprint density at radius 1 is 0.963 bits per heavy atom. The van der Waals surface area contributed by atoms with Crippen molar-refractivity contribution in [2.45, 2.75) is 12.2 Å². The Bertz CT molecular complexity index is 815. The summed E-state index contributed by atoms with van der Waals surface area (Å²) in [6.45, 7) is 0. The molecule has 11 nitrogen and oxygen atoms in total. The second-order valence-corrected chi connectivity index (χ2v) is 4.82. The molecule has 2 heterocycles. The van der Waals surface area contributed by atoms with Crippen molar-refractivity contribution in [1.29, 1.82) is 0 Å². The van der Waals surface area contributed by atoms with Gasteiger partial charge >= 0.3 is 5.97 Å². The van der Waals surface area contributed by atoms with Crippen molar-refractivity contribution in [2.75, 3.05) is 0 Å². The third-order valence-electron chi connectivity index (χ3n) is 3.20. The van der Waals surface area contributed by atoms with E-state index in [1.54, 1.807) is 0 Å². The highest BCUT2D eigenvalue weighted by Gasteiger charge is 2.23. The summed E-state index contributed by atoms with van der Waals surface area (Å²) < 4.78 is 0. The van der Waals surface area contributed by atoms with Crippen LogP contribution in [0.25, 0.3) is 21.8 Å². The van der Waals surface area contributed by atoms with Gasteiger partial charge in [-0.3, -0.25) is 0 Å². The first kappa shape index (κ1) is 26.0. The molecule has 2 atom stereocenters. The summed E-state index contributed by atoms with van der Waals surface area (Å²) >= 11 is 0. The van der Waals surface area contributed by atoms with Crippen molar-refractivity contribution in [3.8, 4) is 0 Å². The van der Waals surface area contributed by atoms with Crippen molar-refractivity contribution in [3.63, 3.8) is 0 Å². The lowest BCUT2D eigenvalue weighted by atomic mass is 10.1. The van der Waals surface area contributed by atoms with E-state index in [1.807, 2.05) is 24.5 Å². The Morgan fingerprint density at radius 3 is 2.11 bits per heavy atom. The van der Waals surface area contributed by atoms with Gasteiger partial charge in [-0.25, -0.2) is 14.8 Å². The van der Waals surface area contributed by atoms with E-state index in [2.05, 4.69) is 34.2 Å². The fourth-order valence-electron chi connectivity index (χ4n) is 2.00. The molecule has 0 bridgehead atoms. The minimum atomic E-state index is -2.38. The summed E-state index contributed by atoms with van der Waals surface area (Å²) in [6.07, 6.45) is -0.957. The molecule has 0 saturated carbocycles. The maximum absolute atomic E-state index is 9.74. The van der Waals surface area contributed by atoms with Crippen LogP contribution in [-0.4, -0.2) is 60.9 Å². The number of hydrogen-bond acceptors (Lipinski definition) is 6. The number of carboxylic acids is 2. The molecule has 2 aromatic heterocycles. The van der Waals surface area contributed by atoms with Crippen LogP contribution in [0.1, 0.15) is 0 Å². The van der Waals surface area contributed by atoms with Gasteiger partial charge in [0.1, 0.15) is 11.6 Å². The Balaban J connectivity index is 0. The molecule has 0 aliphatic carbocycles. The Hall–Kier alpha value is -3.22. The Morgan fingerprint density at radius 2 is 1.56 bits per heavy atom. The molecule has 0 radical (unpaired) electrons. The lowest BCUT2D eigenvalue weighted by Crippen LogP contribution is -2.46. The number of hydrogen-bond donors (Lipinski definition) is 3. The van der Waals surface area contributed by atoms with E-state index < -0.39 is 24.1 Å². The molecular formula is C16H20N2O9. The van der Waals surface area contributed by atoms with Crippen LogP contribution < -0.4 is 10.1 Å². The first-order valence-electron chi connectivity index (χ1n) is 6.85. The van der Waals surface area contributed by atoms with Crippen LogP contribution in [0.2, 0.25) is 0 Å². The number of carboxylic acid groups (broad SMARTS) is 2. The lowest BCUT2D eigenvalue weighted by molar-refractivity contribution is -0.343. The largest absolute Gasteiger partial charge is 0.547 e. The van der Waals surface area contributed by atoms with Gasteiger partial charge in [0.2, 0.25) is 5.52 Å². The number of carbonyl (C=O) groups excluding carboxylic acids is 1. The number of aromatic nitrogens is 2. The highest BCUT2D eigenvalue weighted by atomic mass is 16.4. The van der Waals surface area contributed by atoms with Crippen molar-refractivity contribution >= 4 is 33.7 Å². The minimum absolute atomic E-state index is 0. The molecule has 0 aliphatic rings. The van der Waals surface area contributed by atoms with Gasteiger partial charge in [0.25, 0.3) is 0 Å². The molecule has 3 aromatic rings. The molecule has 11 heteroatoms. The van der Waals surface area contributed by atoms with Crippen molar-refractivity contribution in [3.05, 3.63) is 48.8 Å². The maximum atomic E-state index is 9.74. The number of aliphatic hydroxyl groups excluding tert-OH is 2. The Kier molecular flexibility index (Phi) is 11.0. The molecule has 27 heavy (non-hydrogen) atoms. The summed E-state index contributed by atoms with van der Waals surface area (Å²) in [5, 5.41) is 36.5. The minimum Gasteiger partial charge on any atom is -0.547 e. The van der Waals surface area contributed by atoms with Gasteiger partial charge in [0.05, 0.1) is 5.97 Å². The quantitative estimate of drug-likeness (QED) is 0.381. The summed E-state index contributed by atoms with van der Waals surface area (Å²) in [7, 11) is 0. The van der Waals surface area contributed by atoms with Crippen LogP contribution in [-0.2, 0) is 9.59 Å². The normalized spacial score (nSPS) is 11.5. The van der Waals surface area contributed by atoms with E-state index in [0.29, 0.717) is 0 Å². The van der Waals surface area contributed by atoms with Gasteiger partial charge in [-0.2, -0.15) is 0 Å². The zero-order valence-electron chi connectivity index (χ0n) is 13.8. The van der Waals surface area contributed by atoms with Crippen LogP contribution in [0.5, 0.6) is 0 Å². The Labute approximate surface area is 152 Å². The lowest BCUT2D eigenvalue weighted by Gasteiger charge is -2.13. The highest BCUT2D eigenvalue weighted by Crippen LogP contribution is 2.18. The fourth-order valence-corrected chi connectivity index (χ4v) is 2.00. The first-order valence-corrected chi connectivity index (χ1v) is 6.85. The van der Waals surface area contributed by atoms with E-state index in [9.17, 15) is 14.7 Å². The maximum Gasteiger partial charge on any atom is 0.335 e. The number of H-pyrrole nitrogens is 1. The van der Waals surface area contributed by atoms with Crippen LogP contribution in [0.15, 0.2) is 48.8 Å². The second-order valence-electron chi connectivity index (χ2n) is 4.82. The predicted molar refractivity (Wildman–Crippen MR) is 91.3 cm³/mol. The van der Waals surface area contributed by atoms with Gasteiger partial charge in [-0.05, 0) is 18.2 Å². The van der Waals surface area contributed by atoms with Gasteiger partial charge in [0, 0.05) is 23.0 Å². The standard InChI is InChI=1S/C12H8N2.C4H6O6.3H2O/c1-3-9-5-6-10-4-2-8-14-12(10)11(9)13-7-1;5-1(3(7)8)2(6)4(9)10;;;/h1-8H;1-2,5-6H,(H,7,8)(H,9,10);3*1H2/t;1-,2-;;;/m.0.../s1. The summed E-state index contributed by atoms with van der Waals surface area (Å²) in [6, 6.07) is 12.3. The highest BCUT2D eigenvalue weighted by molar-refractivity contribution is 6.00. The SMILES string of the molecule is O.O.O.O=C([O-])[C@@H](O)[C@H](O)C(=O)O.c1cnc2c(c1)ccc1ccc[nH+]c12. The zero-order valence-corrected chi connectivity index (χ0v) is 13.8. The van der Waals surface area contributed by atoms with Crippen molar-refractivity contribution in [2.24, 2.45) is 0 Å². The number of aromatic amines is 1. The summed E-state index contributed by atoms with van der Waals surface area (Å²) in [5.74, 6) is -3.83. The molecule has 0 saturated heterocycles. The monoisotopic (exact) mass is 384 g/mol. The fraction of sp³-hybridized carbons (Fsp3) is 0.125. The zero-order chi connectivity index (χ0) is 17.7. The topological polar surface area (TPSA) is 239 Å². The molecule has 0 unspecified atom stereocenters. The molecule has 10 N–H and O–H groups in total. The predicted octanol–water partition coefficient (Wildman–Crippen LogP) is -3.73. The van der Waals surface area contributed by atoms with Gasteiger partial charge < -0.3 is 41.6 Å². The second kappa shape index (κ2) is 11.4. The van der Waals surface area contributed by atoms with Gasteiger partial charge in [0.15, 0.2) is 12.3 Å². The van der Waals surface area contributed by atoms with E-state index in [0.717, 1.165) is 11.0 Å². The van der Waals surface area contributed by atoms with Crippen LogP contribution >= 0.6 is 0 Å². The smallest absolute Gasteiger partial charge is 0.335 e. The van der Waals surface area contributed by atoms with Crippen LogP contribution in [0.4, 0.5) is 0 Å². The van der Waals surface area contributed by atoms with Gasteiger partial charge in [-0.1, -0.05) is 12.1 Å². The molecular weight excluding hydrogens is 364 g/mol. The van der Waals surface area contributed by atoms with Crippen molar-refractivity contribution < 1.29 is 51.4 Å². The number of nitrogens with zero attached hydrogens (tertiary/aromatic N) is 1. The number of aliphatic carboxylic acids is 2. The number of pyridine rings is 2. The number of carbonyl (C=O) groups is 2. The van der Waals surface area contributed by atoms with Crippen LogP contribution in [0, 0.1) is 0 Å². The van der Waals surface area contributed by atoms with Crippen molar-refractivity contribution in [1.82, 2.24) is 4.98 Å². The van der Waals surface area contributed by atoms with E-state index in [-0.39, 0.29) is 16.4 Å². The summed E-state index contributed by atoms with van der Waals surface area (Å²) in [4.78, 5) is 27.0. The van der Waals surface area contributed by atoms with Gasteiger partial charge in [-0.15, -0.1) is 0 Å². The molecule has 0 aliphatic heterocycles. The van der Waals surface area contributed by atoms with E-state index >= 15 is 0 Å². The molecule has 1 aromatic carbocycles. The third-order valence-corrected chi connectivity index (χ3v) is 3.20. The number of rotatable bonds is 3. The third kappa shape index (κ3) is 6.22. The first-order chi connectivity index (χ1) is 11.4. The molecule has 3 rings (SSSR count). The molecule has 0 fully saturated rings. The summed E-state index contributed by atoms with van der Waals surface area (Å²) in [5.41, 5.74) is 2.14. The number of fused-ring (bicyclic) bond motifs is 3.